The molecule has 1 atom stereocenters. The number of amides is 1. The smallest absolute Gasteiger partial charge is 0.300 e. The van der Waals surface area contributed by atoms with Gasteiger partial charge in [0.25, 0.3) is 11.7 Å². The lowest BCUT2D eigenvalue weighted by Gasteiger charge is -2.25. The highest BCUT2D eigenvalue weighted by molar-refractivity contribution is 7.10. The van der Waals surface area contributed by atoms with Crippen molar-refractivity contribution in [3.8, 4) is 0 Å². The summed E-state index contributed by atoms with van der Waals surface area (Å²) in [4.78, 5) is 28.8. The number of carbonyl (C=O) groups is 2. The molecule has 5 rings (SSSR count). The Morgan fingerprint density at radius 1 is 0.969 bits per heavy atom. The van der Waals surface area contributed by atoms with Gasteiger partial charge in [0, 0.05) is 16.1 Å². The highest BCUT2D eigenvalue weighted by Gasteiger charge is 2.47. The Kier molecular flexibility index (Phi) is 5.22. The minimum absolute atomic E-state index is 0.0959. The van der Waals surface area contributed by atoms with E-state index >= 15 is 0 Å². The number of fused-ring (bicyclic) bond motifs is 1. The summed E-state index contributed by atoms with van der Waals surface area (Å²) in [7, 11) is 0. The molecule has 32 heavy (non-hydrogen) atoms. The van der Waals surface area contributed by atoms with Crippen LogP contribution in [0.15, 0.2) is 59.5 Å². The van der Waals surface area contributed by atoms with Crippen molar-refractivity contribution < 1.29 is 14.7 Å². The summed E-state index contributed by atoms with van der Waals surface area (Å²) in [6.45, 7) is 4.00. The van der Waals surface area contributed by atoms with E-state index in [4.69, 9.17) is 0 Å². The first-order valence-corrected chi connectivity index (χ1v) is 11.9. The Labute approximate surface area is 191 Å². The van der Waals surface area contributed by atoms with Crippen LogP contribution in [-0.4, -0.2) is 16.8 Å². The lowest BCUT2D eigenvalue weighted by molar-refractivity contribution is -0.132. The first kappa shape index (κ1) is 20.7. The number of benzene rings is 2. The molecule has 3 aromatic rings. The molecule has 162 valence electrons. The molecule has 0 saturated carbocycles. The second-order valence-electron chi connectivity index (χ2n) is 8.64. The van der Waals surface area contributed by atoms with E-state index in [1.54, 1.807) is 0 Å². The number of nitrogens with zero attached hydrogens (tertiary/aromatic N) is 1. The molecule has 1 fully saturated rings. The molecule has 2 aliphatic rings. The van der Waals surface area contributed by atoms with E-state index in [0.29, 0.717) is 11.3 Å². The third-order valence-corrected chi connectivity index (χ3v) is 7.57. The minimum Gasteiger partial charge on any atom is -0.507 e. The van der Waals surface area contributed by atoms with Crippen molar-refractivity contribution in [2.24, 2.45) is 0 Å². The van der Waals surface area contributed by atoms with Gasteiger partial charge in [-0.3, -0.25) is 14.5 Å². The van der Waals surface area contributed by atoms with Crippen LogP contribution in [0, 0.1) is 13.8 Å². The number of hydrogen-bond acceptors (Lipinski definition) is 4. The van der Waals surface area contributed by atoms with E-state index in [1.165, 1.54) is 33.8 Å². The van der Waals surface area contributed by atoms with Crippen LogP contribution >= 0.6 is 11.3 Å². The second-order valence-corrected chi connectivity index (χ2v) is 9.62. The molecule has 1 aliphatic carbocycles. The Morgan fingerprint density at radius 2 is 1.75 bits per heavy atom. The van der Waals surface area contributed by atoms with Crippen LogP contribution < -0.4 is 4.90 Å². The Morgan fingerprint density at radius 3 is 2.47 bits per heavy atom. The van der Waals surface area contributed by atoms with Gasteiger partial charge < -0.3 is 5.11 Å². The zero-order valence-electron chi connectivity index (χ0n) is 18.2. The number of Topliss-reactive ketones (excluding diaryl/α,β-unsaturated/α-hetero) is 1. The number of aliphatic hydroxyl groups excluding tert-OH is 1. The van der Waals surface area contributed by atoms with E-state index in [-0.39, 0.29) is 11.3 Å². The number of rotatable bonds is 3. The van der Waals surface area contributed by atoms with Crippen LogP contribution in [0.3, 0.4) is 0 Å². The molecule has 2 heterocycles. The van der Waals surface area contributed by atoms with Gasteiger partial charge in [-0.05, 0) is 91.4 Å². The van der Waals surface area contributed by atoms with Crippen molar-refractivity contribution >= 4 is 34.5 Å². The SMILES string of the molecule is Cc1ccc(N2C(=O)C(=O)/C(=C(\O)c3ccc4c(c3)CCCC4)C2c2cccs2)cc1C. The molecular formula is C27H25NO3S. The minimum atomic E-state index is -0.645. The van der Waals surface area contributed by atoms with Gasteiger partial charge in [0.15, 0.2) is 0 Å². The highest BCUT2D eigenvalue weighted by atomic mass is 32.1. The summed E-state index contributed by atoms with van der Waals surface area (Å²) < 4.78 is 0. The maximum Gasteiger partial charge on any atom is 0.300 e. The molecule has 0 spiro atoms. The summed E-state index contributed by atoms with van der Waals surface area (Å²) in [5, 5.41) is 13.3. The number of aryl methyl sites for hydroxylation is 4. The van der Waals surface area contributed by atoms with Gasteiger partial charge in [-0.2, -0.15) is 0 Å². The predicted molar refractivity (Wildman–Crippen MR) is 128 cm³/mol. The molecule has 5 heteroatoms. The van der Waals surface area contributed by atoms with Gasteiger partial charge in [-0.1, -0.05) is 24.3 Å². The van der Waals surface area contributed by atoms with Gasteiger partial charge in [0.1, 0.15) is 11.8 Å². The topological polar surface area (TPSA) is 57.6 Å². The van der Waals surface area contributed by atoms with Crippen LogP contribution in [0.4, 0.5) is 5.69 Å². The molecule has 0 radical (unpaired) electrons. The Balaban J connectivity index is 1.67. The number of aliphatic hydroxyl groups is 1. The van der Waals surface area contributed by atoms with Crippen LogP contribution in [0.25, 0.3) is 5.76 Å². The largest absolute Gasteiger partial charge is 0.507 e. The zero-order chi connectivity index (χ0) is 22.4. The molecular weight excluding hydrogens is 418 g/mol. The zero-order valence-corrected chi connectivity index (χ0v) is 19.0. The van der Waals surface area contributed by atoms with Crippen LogP contribution in [0.5, 0.6) is 0 Å². The standard InChI is InChI=1S/C27H25NO3S/c1-16-9-12-21(14-17(16)2)28-24(22-8-5-13-32-22)23(26(30)27(28)31)25(29)20-11-10-18-6-3-4-7-19(18)15-20/h5,8-15,24,29H,3-4,6-7H2,1-2H3/b25-23-. The van der Waals surface area contributed by atoms with E-state index in [2.05, 4.69) is 0 Å². The monoisotopic (exact) mass is 443 g/mol. The summed E-state index contributed by atoms with van der Waals surface area (Å²) in [6.07, 6.45) is 4.33. The summed E-state index contributed by atoms with van der Waals surface area (Å²) in [5.41, 5.74) is 6.11. The maximum absolute atomic E-state index is 13.2. The number of carbonyl (C=O) groups excluding carboxylic acids is 2. The molecule has 1 aliphatic heterocycles. The Bertz CT molecular complexity index is 1260. The molecule has 0 bridgehead atoms. The average Bonchev–Trinajstić information content (AvgIpc) is 3.42. The van der Waals surface area contributed by atoms with E-state index in [9.17, 15) is 14.7 Å². The molecule has 2 aromatic carbocycles. The van der Waals surface area contributed by atoms with Crippen LogP contribution in [0.1, 0.15) is 51.6 Å². The van der Waals surface area contributed by atoms with E-state index < -0.39 is 17.7 Å². The Hall–Kier alpha value is -3.18. The van der Waals surface area contributed by atoms with Crippen molar-refractivity contribution in [3.05, 3.63) is 92.2 Å². The van der Waals surface area contributed by atoms with Gasteiger partial charge in [-0.15, -0.1) is 11.3 Å². The van der Waals surface area contributed by atoms with Crippen molar-refractivity contribution in [1.82, 2.24) is 0 Å². The van der Waals surface area contributed by atoms with Gasteiger partial charge in [0.2, 0.25) is 0 Å². The van der Waals surface area contributed by atoms with Crippen molar-refractivity contribution in [2.75, 3.05) is 4.90 Å². The van der Waals surface area contributed by atoms with Gasteiger partial charge in [0.05, 0.1) is 5.57 Å². The number of ketones is 1. The number of hydrogen-bond donors (Lipinski definition) is 1. The lowest BCUT2D eigenvalue weighted by atomic mass is 9.89. The second kappa shape index (κ2) is 8.06. The van der Waals surface area contributed by atoms with Gasteiger partial charge >= 0.3 is 0 Å². The fourth-order valence-corrected chi connectivity index (χ4v) is 5.55. The quantitative estimate of drug-likeness (QED) is 0.313. The van der Waals surface area contributed by atoms with Crippen molar-refractivity contribution in [2.45, 2.75) is 45.6 Å². The third-order valence-electron chi connectivity index (χ3n) is 6.65. The first-order valence-electron chi connectivity index (χ1n) is 11.0. The van der Waals surface area contributed by atoms with E-state index in [1.807, 2.05) is 67.8 Å². The summed E-state index contributed by atoms with van der Waals surface area (Å²) in [5.74, 6) is -1.34. The number of anilines is 1. The third kappa shape index (κ3) is 3.37. The van der Waals surface area contributed by atoms with Gasteiger partial charge in [-0.25, -0.2) is 0 Å². The summed E-state index contributed by atoms with van der Waals surface area (Å²) >= 11 is 1.48. The molecule has 1 saturated heterocycles. The maximum atomic E-state index is 13.2. The lowest BCUT2D eigenvalue weighted by Crippen LogP contribution is -2.29. The molecule has 4 nitrogen and oxygen atoms in total. The predicted octanol–water partition coefficient (Wildman–Crippen LogP) is 5.87. The van der Waals surface area contributed by atoms with Crippen LogP contribution in [0.2, 0.25) is 0 Å². The van der Waals surface area contributed by atoms with Crippen LogP contribution in [-0.2, 0) is 22.4 Å². The van der Waals surface area contributed by atoms with E-state index in [0.717, 1.165) is 35.3 Å². The molecule has 1 amide bonds. The molecule has 1 aromatic heterocycles. The average molecular weight is 444 g/mol. The van der Waals surface area contributed by atoms with Crippen molar-refractivity contribution in [3.63, 3.8) is 0 Å². The first-order chi connectivity index (χ1) is 15.5. The normalized spacial score (nSPS) is 19.9. The number of thiophene rings is 1. The fourth-order valence-electron chi connectivity index (χ4n) is 4.73. The van der Waals surface area contributed by atoms with Crippen molar-refractivity contribution in [1.29, 1.82) is 0 Å². The highest BCUT2D eigenvalue weighted by Crippen LogP contribution is 2.44. The molecule has 1 N–H and O–H groups in total. The summed E-state index contributed by atoms with van der Waals surface area (Å²) in [6, 6.07) is 14.8. The fraction of sp³-hybridized carbons (Fsp3) is 0.259. The molecule has 1 unspecified atom stereocenters.